The summed E-state index contributed by atoms with van der Waals surface area (Å²) in [5.74, 6) is -0.0469. The molecule has 0 aliphatic carbocycles. The third-order valence-electron chi connectivity index (χ3n) is 3.02. The number of nitriles is 1. The first-order valence-electron chi connectivity index (χ1n) is 6.05. The lowest BCUT2D eigenvalue weighted by Gasteiger charge is -1.94. The van der Waals surface area contributed by atoms with Gasteiger partial charge in [-0.1, -0.05) is 12.1 Å². The first-order chi connectivity index (χ1) is 9.78. The maximum absolute atomic E-state index is 12.2. The van der Waals surface area contributed by atoms with Crippen LogP contribution in [-0.4, -0.2) is 10.8 Å². The van der Waals surface area contributed by atoms with Crippen LogP contribution >= 0.6 is 11.3 Å². The number of nitrogens with zero attached hydrogens (tertiary/aromatic N) is 1. The van der Waals surface area contributed by atoms with Gasteiger partial charge in [0.05, 0.1) is 11.6 Å². The van der Waals surface area contributed by atoms with Crippen molar-refractivity contribution in [3.63, 3.8) is 0 Å². The number of fused-ring (bicyclic) bond motifs is 1. The number of hydrogen-bond donors (Lipinski definition) is 1. The minimum atomic E-state index is -0.0469. The molecule has 20 heavy (non-hydrogen) atoms. The number of rotatable bonds is 3. The lowest BCUT2D eigenvalue weighted by Crippen LogP contribution is -1.91. The molecule has 0 aliphatic rings. The van der Waals surface area contributed by atoms with Gasteiger partial charge >= 0.3 is 0 Å². The van der Waals surface area contributed by atoms with Crippen molar-refractivity contribution in [1.29, 1.82) is 5.26 Å². The molecule has 1 N–H and O–H groups in total. The van der Waals surface area contributed by atoms with Crippen molar-refractivity contribution in [2.45, 2.75) is 0 Å². The second kappa shape index (κ2) is 5.16. The largest absolute Gasteiger partial charge is 0.360 e. The average Bonchev–Trinajstić information content (AvgIpc) is 3.13. The van der Waals surface area contributed by atoms with Crippen LogP contribution < -0.4 is 0 Å². The highest BCUT2D eigenvalue weighted by Crippen LogP contribution is 2.21. The summed E-state index contributed by atoms with van der Waals surface area (Å²) in [4.78, 5) is 16.3. The van der Waals surface area contributed by atoms with Crippen LogP contribution in [0, 0.1) is 11.3 Å². The van der Waals surface area contributed by atoms with Crippen molar-refractivity contribution in [1.82, 2.24) is 4.98 Å². The molecule has 0 atom stereocenters. The molecule has 0 aliphatic heterocycles. The van der Waals surface area contributed by atoms with E-state index < -0.39 is 0 Å². The second-order valence-electron chi connectivity index (χ2n) is 4.29. The number of hydrogen-bond acceptors (Lipinski definition) is 3. The minimum absolute atomic E-state index is 0.0469. The van der Waals surface area contributed by atoms with Crippen molar-refractivity contribution in [3.05, 3.63) is 64.0 Å². The highest BCUT2D eigenvalue weighted by Gasteiger charge is 2.09. The van der Waals surface area contributed by atoms with Gasteiger partial charge in [0.25, 0.3) is 0 Å². The molecule has 2 aromatic heterocycles. The summed E-state index contributed by atoms with van der Waals surface area (Å²) in [7, 11) is 0. The van der Waals surface area contributed by atoms with E-state index in [9.17, 15) is 4.79 Å². The molecule has 4 heteroatoms. The van der Waals surface area contributed by atoms with E-state index in [1.165, 1.54) is 0 Å². The monoisotopic (exact) mass is 278 g/mol. The first kappa shape index (κ1) is 12.4. The number of aromatic amines is 1. The van der Waals surface area contributed by atoms with Gasteiger partial charge in [-0.15, -0.1) is 11.3 Å². The summed E-state index contributed by atoms with van der Waals surface area (Å²) >= 11 is 1.59. The van der Waals surface area contributed by atoms with Crippen molar-refractivity contribution in [2.24, 2.45) is 0 Å². The maximum atomic E-state index is 12.2. The van der Waals surface area contributed by atoms with Gasteiger partial charge in [0.15, 0.2) is 5.78 Å². The SMILES string of the molecule is N#Cc1ccc2c(C(=O)/C=C/c3cccs3)c[nH]c2c1. The Balaban J connectivity index is 1.94. The lowest BCUT2D eigenvalue weighted by molar-refractivity contribution is 0.104. The molecule has 2 heterocycles. The molecule has 0 amide bonds. The van der Waals surface area contributed by atoms with E-state index in [0.717, 1.165) is 15.8 Å². The molecule has 3 nitrogen and oxygen atoms in total. The van der Waals surface area contributed by atoms with E-state index in [1.807, 2.05) is 23.6 Å². The van der Waals surface area contributed by atoms with Crippen LogP contribution in [-0.2, 0) is 0 Å². The van der Waals surface area contributed by atoms with Crippen molar-refractivity contribution >= 4 is 34.1 Å². The number of allylic oxidation sites excluding steroid dienone is 1. The third-order valence-corrected chi connectivity index (χ3v) is 3.86. The van der Waals surface area contributed by atoms with Crippen molar-refractivity contribution in [3.8, 4) is 6.07 Å². The third kappa shape index (κ3) is 2.27. The summed E-state index contributed by atoms with van der Waals surface area (Å²) in [5, 5.41) is 11.7. The first-order valence-corrected chi connectivity index (χ1v) is 6.93. The summed E-state index contributed by atoms with van der Waals surface area (Å²) < 4.78 is 0. The number of nitrogens with one attached hydrogen (secondary N) is 1. The fourth-order valence-electron chi connectivity index (χ4n) is 2.03. The van der Waals surface area contributed by atoms with Crippen LogP contribution in [0.3, 0.4) is 0 Å². The molecule has 0 spiro atoms. The van der Waals surface area contributed by atoms with Crippen molar-refractivity contribution in [2.75, 3.05) is 0 Å². The smallest absolute Gasteiger partial charge is 0.188 e. The van der Waals surface area contributed by atoms with Gasteiger partial charge in [-0.05, 0) is 35.7 Å². The fraction of sp³-hybridized carbons (Fsp3) is 0. The van der Waals surface area contributed by atoms with Crippen LogP contribution in [0.2, 0.25) is 0 Å². The number of aromatic nitrogens is 1. The number of carbonyl (C=O) groups excluding carboxylic acids is 1. The standard InChI is InChI=1S/C16H10N2OS/c17-9-11-3-5-13-14(10-18-15(13)8-11)16(19)6-4-12-2-1-7-20-12/h1-8,10,18H/b6-4+. The minimum Gasteiger partial charge on any atom is -0.360 e. The van der Waals surface area contributed by atoms with E-state index >= 15 is 0 Å². The van der Waals surface area contributed by atoms with Crippen LogP contribution in [0.4, 0.5) is 0 Å². The molecule has 3 rings (SSSR count). The molecular formula is C16H10N2OS. The molecule has 0 radical (unpaired) electrons. The predicted molar refractivity (Wildman–Crippen MR) is 80.7 cm³/mol. The predicted octanol–water partition coefficient (Wildman–Crippen LogP) is 4.00. The Bertz CT molecular complexity index is 835. The number of thiophene rings is 1. The fourth-order valence-corrected chi connectivity index (χ4v) is 2.65. The Labute approximate surface area is 119 Å². The topological polar surface area (TPSA) is 56.6 Å². The van der Waals surface area contributed by atoms with Crippen LogP contribution in [0.5, 0.6) is 0 Å². The summed E-state index contributed by atoms with van der Waals surface area (Å²) in [6.07, 6.45) is 5.08. The highest BCUT2D eigenvalue weighted by molar-refractivity contribution is 7.10. The maximum Gasteiger partial charge on any atom is 0.188 e. The molecule has 0 fully saturated rings. The Hall–Kier alpha value is -2.64. The Morgan fingerprint density at radius 1 is 1.35 bits per heavy atom. The van der Waals surface area contributed by atoms with Crippen LogP contribution in [0.25, 0.3) is 17.0 Å². The molecule has 96 valence electrons. The lowest BCUT2D eigenvalue weighted by atomic mass is 10.1. The number of carbonyl (C=O) groups is 1. The second-order valence-corrected chi connectivity index (χ2v) is 5.27. The van der Waals surface area contributed by atoms with Gasteiger partial charge in [-0.25, -0.2) is 0 Å². The van der Waals surface area contributed by atoms with E-state index in [1.54, 1.807) is 41.8 Å². The number of benzene rings is 1. The zero-order valence-electron chi connectivity index (χ0n) is 10.5. The zero-order chi connectivity index (χ0) is 13.9. The van der Waals surface area contributed by atoms with Gasteiger partial charge in [0.1, 0.15) is 0 Å². The van der Waals surface area contributed by atoms with E-state index in [0.29, 0.717) is 11.1 Å². The van der Waals surface area contributed by atoms with Gasteiger partial charge in [0.2, 0.25) is 0 Å². The van der Waals surface area contributed by atoms with Crippen LogP contribution in [0.15, 0.2) is 48.0 Å². The average molecular weight is 278 g/mol. The van der Waals surface area contributed by atoms with Gasteiger partial charge < -0.3 is 4.98 Å². The van der Waals surface area contributed by atoms with Gasteiger partial charge in [-0.2, -0.15) is 5.26 Å². The summed E-state index contributed by atoms with van der Waals surface area (Å²) in [6.45, 7) is 0. The molecule has 0 bridgehead atoms. The zero-order valence-corrected chi connectivity index (χ0v) is 11.3. The van der Waals surface area contributed by atoms with Crippen molar-refractivity contribution < 1.29 is 4.79 Å². The molecule has 0 saturated heterocycles. The van der Waals surface area contributed by atoms with Gasteiger partial charge in [-0.3, -0.25) is 4.79 Å². The van der Waals surface area contributed by atoms with E-state index in [4.69, 9.17) is 5.26 Å². The molecule has 1 aromatic carbocycles. The Kier molecular flexibility index (Phi) is 3.20. The summed E-state index contributed by atoms with van der Waals surface area (Å²) in [5.41, 5.74) is 2.00. The van der Waals surface area contributed by atoms with Gasteiger partial charge in [0, 0.05) is 27.5 Å². The Morgan fingerprint density at radius 2 is 2.25 bits per heavy atom. The van der Waals surface area contributed by atoms with E-state index in [2.05, 4.69) is 11.1 Å². The molecule has 3 aromatic rings. The summed E-state index contributed by atoms with van der Waals surface area (Å²) in [6, 6.07) is 11.3. The highest BCUT2D eigenvalue weighted by atomic mass is 32.1. The van der Waals surface area contributed by atoms with E-state index in [-0.39, 0.29) is 5.78 Å². The number of ketones is 1. The molecule has 0 unspecified atom stereocenters. The quantitative estimate of drug-likeness (QED) is 0.581. The number of H-pyrrole nitrogens is 1. The normalized spacial score (nSPS) is 10.9. The molecular weight excluding hydrogens is 268 g/mol. The van der Waals surface area contributed by atoms with Crippen LogP contribution in [0.1, 0.15) is 20.8 Å². The molecule has 0 saturated carbocycles. The Morgan fingerprint density at radius 3 is 3.00 bits per heavy atom.